The van der Waals surface area contributed by atoms with Crippen LogP contribution in [0.3, 0.4) is 0 Å². The van der Waals surface area contributed by atoms with Crippen molar-refractivity contribution in [3.63, 3.8) is 0 Å². The van der Waals surface area contributed by atoms with Crippen molar-refractivity contribution in [2.45, 2.75) is 0 Å². The standard InChI is InChI=1S/C5Cl5NO/c6-1-2(7)4(9)11(12)5(10)3(1)8. The third-order valence-corrected chi connectivity index (χ3v) is 3.29. The van der Waals surface area contributed by atoms with Gasteiger partial charge < -0.3 is 5.21 Å². The van der Waals surface area contributed by atoms with E-state index in [0.29, 0.717) is 0 Å². The van der Waals surface area contributed by atoms with Crippen LogP contribution in [-0.4, -0.2) is 0 Å². The van der Waals surface area contributed by atoms with E-state index in [-0.39, 0.29) is 30.1 Å². The van der Waals surface area contributed by atoms with Gasteiger partial charge in [0.05, 0.1) is 5.02 Å². The fourth-order valence-corrected chi connectivity index (χ4v) is 1.61. The van der Waals surface area contributed by atoms with Gasteiger partial charge in [0.2, 0.25) is 0 Å². The van der Waals surface area contributed by atoms with E-state index in [1.807, 2.05) is 0 Å². The first-order valence-corrected chi connectivity index (χ1v) is 4.46. The normalized spacial score (nSPS) is 10.4. The number of rotatable bonds is 0. The van der Waals surface area contributed by atoms with E-state index in [9.17, 15) is 5.21 Å². The molecule has 0 saturated heterocycles. The Balaban J connectivity index is 3.60. The monoisotopic (exact) mass is 265 g/mol. The van der Waals surface area contributed by atoms with Gasteiger partial charge in [-0.2, -0.15) is 0 Å². The van der Waals surface area contributed by atoms with Gasteiger partial charge in [0, 0.05) is 0 Å². The molecule has 0 spiro atoms. The third kappa shape index (κ3) is 1.54. The summed E-state index contributed by atoms with van der Waals surface area (Å²) in [6, 6.07) is 0. The highest BCUT2D eigenvalue weighted by molar-refractivity contribution is 6.53. The smallest absolute Gasteiger partial charge is 0.308 e. The van der Waals surface area contributed by atoms with Gasteiger partial charge in [-0.05, 0) is 23.2 Å². The summed E-state index contributed by atoms with van der Waals surface area (Å²) in [6.45, 7) is 0. The number of hydrogen-bond donors (Lipinski definition) is 0. The zero-order chi connectivity index (χ0) is 9.46. The summed E-state index contributed by atoms with van der Waals surface area (Å²) in [5.41, 5.74) is 0. The van der Waals surface area contributed by atoms with Crippen LogP contribution in [-0.2, 0) is 0 Å². The Morgan fingerprint density at radius 3 is 1.42 bits per heavy atom. The molecule has 0 fully saturated rings. The van der Waals surface area contributed by atoms with Crippen LogP contribution in [0.5, 0.6) is 0 Å². The Morgan fingerprint density at radius 2 is 1.08 bits per heavy atom. The van der Waals surface area contributed by atoms with E-state index >= 15 is 0 Å². The summed E-state index contributed by atoms with van der Waals surface area (Å²) in [4.78, 5) is 0. The number of nitrogens with zero attached hydrogens (tertiary/aromatic N) is 1. The van der Waals surface area contributed by atoms with E-state index in [1.54, 1.807) is 0 Å². The summed E-state index contributed by atoms with van der Waals surface area (Å²) in [6.07, 6.45) is 0. The van der Waals surface area contributed by atoms with Crippen molar-refractivity contribution in [3.05, 3.63) is 30.6 Å². The molecule has 12 heavy (non-hydrogen) atoms. The first-order valence-electron chi connectivity index (χ1n) is 2.57. The Morgan fingerprint density at radius 1 is 0.750 bits per heavy atom. The molecule has 0 N–H and O–H groups in total. The molecule has 0 bridgehead atoms. The van der Waals surface area contributed by atoms with Gasteiger partial charge in [-0.3, -0.25) is 0 Å². The van der Waals surface area contributed by atoms with Gasteiger partial charge in [-0.25, -0.2) is 0 Å². The summed E-state index contributed by atoms with van der Waals surface area (Å²) in [5.74, 6) is 0. The zero-order valence-electron chi connectivity index (χ0n) is 5.25. The van der Waals surface area contributed by atoms with Crippen LogP contribution < -0.4 is 4.73 Å². The molecule has 1 rings (SSSR count). The quantitative estimate of drug-likeness (QED) is 0.401. The SMILES string of the molecule is [O-][n+]1c(Cl)c(Cl)c(Cl)c(Cl)c1Cl. The second-order valence-electron chi connectivity index (χ2n) is 1.82. The summed E-state index contributed by atoms with van der Waals surface area (Å²) < 4.78 is 0.194. The van der Waals surface area contributed by atoms with Crippen molar-refractivity contribution < 1.29 is 4.73 Å². The number of aromatic nitrogens is 1. The number of pyridine rings is 1. The molecule has 7 heteroatoms. The average Bonchev–Trinajstić information content (AvgIpc) is 2.08. The van der Waals surface area contributed by atoms with Crippen LogP contribution >= 0.6 is 58.0 Å². The lowest BCUT2D eigenvalue weighted by molar-refractivity contribution is -0.600. The predicted molar refractivity (Wildman–Crippen MR) is 50.5 cm³/mol. The first-order chi connectivity index (χ1) is 5.46. The second kappa shape index (κ2) is 3.64. The van der Waals surface area contributed by atoms with Crippen molar-refractivity contribution >= 4 is 58.0 Å². The van der Waals surface area contributed by atoms with Crippen molar-refractivity contribution in [3.8, 4) is 0 Å². The lowest BCUT2D eigenvalue weighted by Crippen LogP contribution is -2.29. The van der Waals surface area contributed by atoms with Gasteiger partial charge >= 0.3 is 10.3 Å². The Hall–Kier alpha value is 0.400. The van der Waals surface area contributed by atoms with Crippen LogP contribution in [0.15, 0.2) is 0 Å². The number of hydrogen-bond acceptors (Lipinski definition) is 1. The molecule has 0 aromatic carbocycles. The molecule has 1 aromatic rings. The minimum atomic E-state index is -0.295. The lowest BCUT2D eigenvalue weighted by Gasteiger charge is -2.05. The van der Waals surface area contributed by atoms with Crippen LogP contribution in [0.2, 0.25) is 25.4 Å². The molecule has 2 nitrogen and oxygen atoms in total. The van der Waals surface area contributed by atoms with Crippen LogP contribution in [0, 0.1) is 5.21 Å². The molecule has 0 amide bonds. The van der Waals surface area contributed by atoms with Gasteiger partial charge in [0.15, 0.2) is 0 Å². The van der Waals surface area contributed by atoms with Gasteiger partial charge in [-0.1, -0.05) is 34.8 Å². The molecule has 1 aromatic heterocycles. The molecule has 0 radical (unpaired) electrons. The largest absolute Gasteiger partial charge is 0.616 e. The van der Waals surface area contributed by atoms with E-state index in [2.05, 4.69) is 0 Å². The van der Waals surface area contributed by atoms with Gasteiger partial charge in [0.25, 0.3) is 0 Å². The van der Waals surface area contributed by atoms with Crippen LogP contribution in [0.1, 0.15) is 0 Å². The average molecular weight is 267 g/mol. The maximum absolute atomic E-state index is 11.0. The van der Waals surface area contributed by atoms with E-state index in [4.69, 9.17) is 58.0 Å². The summed E-state index contributed by atoms with van der Waals surface area (Å²) >= 11 is 27.5. The molecule has 0 aliphatic heterocycles. The van der Waals surface area contributed by atoms with E-state index < -0.39 is 0 Å². The second-order valence-corrected chi connectivity index (χ2v) is 3.67. The van der Waals surface area contributed by atoms with Crippen molar-refractivity contribution in [1.82, 2.24) is 0 Å². The first kappa shape index (κ1) is 10.5. The van der Waals surface area contributed by atoms with E-state index in [0.717, 1.165) is 0 Å². The Bertz CT molecular complexity index is 234. The highest BCUT2D eigenvalue weighted by atomic mass is 35.5. The molecule has 0 aliphatic carbocycles. The maximum atomic E-state index is 11.0. The Kier molecular flexibility index (Phi) is 3.18. The molecule has 0 saturated carbocycles. The predicted octanol–water partition coefficient (Wildman–Crippen LogP) is 3.59. The van der Waals surface area contributed by atoms with Gasteiger partial charge in [-0.15, -0.1) is 4.73 Å². The minimum absolute atomic E-state index is 0.0274. The van der Waals surface area contributed by atoms with Crippen LogP contribution in [0.25, 0.3) is 0 Å². The molecule has 0 atom stereocenters. The van der Waals surface area contributed by atoms with Gasteiger partial charge in [0.1, 0.15) is 10.0 Å². The molecular weight excluding hydrogens is 267 g/mol. The summed E-state index contributed by atoms with van der Waals surface area (Å²) in [5, 5.41) is 10.2. The highest BCUT2D eigenvalue weighted by Crippen LogP contribution is 2.36. The lowest BCUT2D eigenvalue weighted by atomic mass is 10.5. The van der Waals surface area contributed by atoms with Crippen molar-refractivity contribution in [2.75, 3.05) is 0 Å². The highest BCUT2D eigenvalue weighted by Gasteiger charge is 2.22. The third-order valence-electron chi connectivity index (χ3n) is 1.10. The molecule has 1 heterocycles. The minimum Gasteiger partial charge on any atom is -0.616 e. The molecular formula is C5Cl5NO. The number of halogens is 5. The van der Waals surface area contributed by atoms with Crippen LogP contribution in [0.4, 0.5) is 0 Å². The summed E-state index contributed by atoms with van der Waals surface area (Å²) in [7, 11) is 0. The molecule has 0 unspecified atom stereocenters. The Labute approximate surface area is 93.1 Å². The van der Waals surface area contributed by atoms with Crippen molar-refractivity contribution in [1.29, 1.82) is 0 Å². The fraction of sp³-hybridized carbons (Fsp3) is 0. The fourth-order valence-electron chi connectivity index (χ4n) is 0.542. The van der Waals surface area contributed by atoms with E-state index in [1.165, 1.54) is 0 Å². The molecule has 0 aliphatic rings. The maximum Gasteiger partial charge on any atom is 0.308 e. The molecule has 66 valence electrons. The van der Waals surface area contributed by atoms with Crippen molar-refractivity contribution in [2.24, 2.45) is 0 Å². The topological polar surface area (TPSA) is 26.9 Å². The zero-order valence-corrected chi connectivity index (χ0v) is 9.02.